The van der Waals surface area contributed by atoms with E-state index in [2.05, 4.69) is 17.9 Å². The SMILES string of the molecule is O=C(Nc1ccc(S(=O)(=O)[O-])c2ccccc12)C(CS)Cc1ccccc1. The van der Waals surface area contributed by atoms with Crippen LogP contribution in [0.25, 0.3) is 10.8 Å². The summed E-state index contributed by atoms with van der Waals surface area (Å²) in [6.07, 6.45) is 0.543. The van der Waals surface area contributed by atoms with Gasteiger partial charge >= 0.3 is 0 Å². The van der Waals surface area contributed by atoms with Gasteiger partial charge in [-0.1, -0.05) is 54.6 Å². The Morgan fingerprint density at radius 2 is 1.59 bits per heavy atom. The third-order valence-corrected chi connectivity index (χ3v) is 5.66. The Morgan fingerprint density at radius 1 is 0.963 bits per heavy atom. The minimum absolute atomic E-state index is 0.211. The predicted octanol–water partition coefficient (Wildman–Crippen LogP) is 3.47. The molecule has 27 heavy (non-hydrogen) atoms. The molecule has 0 saturated carbocycles. The molecular weight excluding hydrogens is 382 g/mol. The Bertz CT molecular complexity index is 1070. The summed E-state index contributed by atoms with van der Waals surface area (Å²) in [7, 11) is -4.61. The van der Waals surface area contributed by atoms with Crippen molar-refractivity contribution in [2.24, 2.45) is 5.92 Å². The van der Waals surface area contributed by atoms with E-state index in [9.17, 15) is 17.8 Å². The van der Waals surface area contributed by atoms with Gasteiger partial charge in [-0.2, -0.15) is 12.6 Å². The van der Waals surface area contributed by atoms with E-state index in [1.54, 1.807) is 24.3 Å². The van der Waals surface area contributed by atoms with Gasteiger partial charge in [0, 0.05) is 22.2 Å². The van der Waals surface area contributed by atoms with Gasteiger partial charge in [0.05, 0.1) is 10.8 Å². The molecule has 1 N–H and O–H groups in total. The third-order valence-electron chi connectivity index (χ3n) is 4.33. The molecule has 5 nitrogen and oxygen atoms in total. The van der Waals surface area contributed by atoms with Crippen molar-refractivity contribution in [1.82, 2.24) is 0 Å². The summed E-state index contributed by atoms with van der Waals surface area (Å²) in [4.78, 5) is 12.4. The van der Waals surface area contributed by atoms with Crippen molar-refractivity contribution in [3.05, 3.63) is 72.3 Å². The number of fused-ring (bicyclic) bond motifs is 1. The van der Waals surface area contributed by atoms with E-state index in [4.69, 9.17) is 0 Å². The molecule has 0 aliphatic carbocycles. The molecule has 0 heterocycles. The number of carbonyl (C=O) groups is 1. The van der Waals surface area contributed by atoms with Gasteiger partial charge in [-0.15, -0.1) is 0 Å². The Labute approximate surface area is 163 Å². The fourth-order valence-corrected chi connectivity index (χ4v) is 3.95. The molecule has 0 aliphatic heterocycles. The highest BCUT2D eigenvalue weighted by Gasteiger charge is 2.19. The molecule has 1 unspecified atom stereocenters. The van der Waals surface area contributed by atoms with Crippen LogP contribution in [0, 0.1) is 5.92 Å². The zero-order valence-corrected chi connectivity index (χ0v) is 16.0. The maximum absolute atomic E-state index is 12.7. The summed E-state index contributed by atoms with van der Waals surface area (Å²) in [6.45, 7) is 0. The highest BCUT2D eigenvalue weighted by Crippen LogP contribution is 2.30. The molecule has 0 bridgehead atoms. The molecule has 0 saturated heterocycles. The molecule has 1 atom stereocenters. The highest BCUT2D eigenvalue weighted by molar-refractivity contribution is 7.86. The fourth-order valence-electron chi connectivity index (χ4n) is 2.97. The monoisotopic (exact) mass is 400 g/mol. The first-order valence-corrected chi connectivity index (χ1v) is 10.4. The molecule has 0 spiro atoms. The van der Waals surface area contributed by atoms with Gasteiger partial charge in [-0.05, 0) is 24.1 Å². The first-order valence-electron chi connectivity index (χ1n) is 8.33. The molecule has 0 fully saturated rings. The number of thiol groups is 1. The molecule has 0 aromatic heterocycles. The van der Waals surface area contributed by atoms with Crippen LogP contribution in [0.1, 0.15) is 5.56 Å². The molecule has 140 valence electrons. The lowest BCUT2D eigenvalue weighted by Gasteiger charge is -2.18. The van der Waals surface area contributed by atoms with Crippen molar-refractivity contribution in [3.63, 3.8) is 0 Å². The fraction of sp³-hybridized carbons (Fsp3) is 0.150. The normalized spacial score (nSPS) is 12.7. The number of carbonyl (C=O) groups excluding carboxylic acids is 1. The van der Waals surface area contributed by atoms with Gasteiger partial charge in [0.25, 0.3) is 0 Å². The minimum Gasteiger partial charge on any atom is -0.744 e. The van der Waals surface area contributed by atoms with Crippen LogP contribution in [0.2, 0.25) is 0 Å². The largest absolute Gasteiger partial charge is 0.744 e. The molecule has 3 aromatic carbocycles. The number of benzene rings is 3. The van der Waals surface area contributed by atoms with Gasteiger partial charge in [0.2, 0.25) is 5.91 Å². The number of hydrogen-bond donors (Lipinski definition) is 2. The first-order chi connectivity index (χ1) is 12.9. The molecular formula is C20H18NO4S2-. The van der Waals surface area contributed by atoms with Gasteiger partial charge in [-0.3, -0.25) is 4.79 Å². The Balaban J connectivity index is 1.91. The van der Waals surface area contributed by atoms with Crippen LogP contribution in [-0.4, -0.2) is 24.6 Å². The quantitative estimate of drug-likeness (QED) is 0.490. The van der Waals surface area contributed by atoms with Crippen LogP contribution in [0.4, 0.5) is 5.69 Å². The standard InChI is InChI=1S/C20H19NO4S2/c22-20(15(13-26)12-14-6-2-1-3-7-14)21-18-10-11-19(27(23,24)25)17-9-5-4-8-16(17)18/h1-11,15,26H,12-13H2,(H,21,22)(H,23,24,25)/p-1. The third kappa shape index (κ3) is 4.50. The number of rotatable bonds is 6. The van der Waals surface area contributed by atoms with Crippen molar-refractivity contribution < 1.29 is 17.8 Å². The van der Waals surface area contributed by atoms with E-state index in [0.29, 0.717) is 23.2 Å². The maximum Gasteiger partial charge on any atom is 0.228 e. The molecule has 3 aromatic rings. The Morgan fingerprint density at radius 3 is 2.22 bits per heavy atom. The molecule has 0 radical (unpaired) electrons. The second-order valence-electron chi connectivity index (χ2n) is 6.17. The van der Waals surface area contributed by atoms with Crippen LogP contribution >= 0.6 is 12.6 Å². The van der Waals surface area contributed by atoms with Gasteiger partial charge in [-0.25, -0.2) is 8.42 Å². The molecule has 3 rings (SSSR count). The second kappa shape index (κ2) is 8.12. The lowest BCUT2D eigenvalue weighted by atomic mass is 10.00. The molecule has 7 heteroatoms. The van der Waals surface area contributed by atoms with E-state index in [-0.39, 0.29) is 22.1 Å². The Kier molecular flexibility index (Phi) is 5.84. The summed E-state index contributed by atoms with van der Waals surface area (Å²) < 4.78 is 34.5. The van der Waals surface area contributed by atoms with Crippen LogP contribution in [0.15, 0.2) is 71.6 Å². The minimum atomic E-state index is -4.61. The van der Waals surface area contributed by atoms with Gasteiger partial charge in [0.1, 0.15) is 10.1 Å². The van der Waals surface area contributed by atoms with E-state index < -0.39 is 10.1 Å². The van der Waals surface area contributed by atoms with Crippen molar-refractivity contribution in [1.29, 1.82) is 0 Å². The summed E-state index contributed by atoms with van der Waals surface area (Å²) in [5, 5.41) is 3.64. The van der Waals surface area contributed by atoms with E-state index in [1.807, 2.05) is 30.3 Å². The topological polar surface area (TPSA) is 86.3 Å². The zero-order valence-electron chi connectivity index (χ0n) is 14.3. The number of anilines is 1. The predicted molar refractivity (Wildman–Crippen MR) is 108 cm³/mol. The van der Waals surface area contributed by atoms with Gasteiger partial charge < -0.3 is 9.87 Å². The van der Waals surface area contributed by atoms with Crippen molar-refractivity contribution in [3.8, 4) is 0 Å². The van der Waals surface area contributed by atoms with E-state index in [0.717, 1.165) is 5.56 Å². The lowest BCUT2D eigenvalue weighted by molar-refractivity contribution is -0.119. The highest BCUT2D eigenvalue weighted by atomic mass is 32.2. The average molecular weight is 401 g/mol. The number of amides is 1. The lowest BCUT2D eigenvalue weighted by Crippen LogP contribution is -2.26. The summed E-state index contributed by atoms with van der Waals surface area (Å²) >= 11 is 4.30. The smallest absolute Gasteiger partial charge is 0.228 e. The van der Waals surface area contributed by atoms with Crippen molar-refractivity contribution in [2.45, 2.75) is 11.3 Å². The second-order valence-corrected chi connectivity index (χ2v) is 7.88. The molecule has 0 aliphatic rings. The first kappa shape index (κ1) is 19.4. The number of hydrogen-bond acceptors (Lipinski definition) is 5. The maximum atomic E-state index is 12.7. The van der Waals surface area contributed by atoms with Gasteiger partial charge in [0.15, 0.2) is 0 Å². The summed E-state index contributed by atoms with van der Waals surface area (Å²) in [5.74, 6) is -0.194. The zero-order chi connectivity index (χ0) is 19.4. The molecule has 1 amide bonds. The average Bonchev–Trinajstić information content (AvgIpc) is 2.66. The summed E-state index contributed by atoms with van der Waals surface area (Å²) in [6, 6.07) is 18.9. The van der Waals surface area contributed by atoms with Crippen LogP contribution in [-0.2, 0) is 21.3 Å². The van der Waals surface area contributed by atoms with Crippen LogP contribution in [0.3, 0.4) is 0 Å². The van der Waals surface area contributed by atoms with Crippen LogP contribution in [0.5, 0.6) is 0 Å². The van der Waals surface area contributed by atoms with E-state index in [1.165, 1.54) is 12.1 Å². The van der Waals surface area contributed by atoms with Crippen molar-refractivity contribution >= 4 is 45.1 Å². The van der Waals surface area contributed by atoms with Crippen molar-refractivity contribution in [2.75, 3.05) is 11.1 Å². The Hall–Kier alpha value is -2.35. The van der Waals surface area contributed by atoms with Crippen LogP contribution < -0.4 is 5.32 Å². The summed E-state index contributed by atoms with van der Waals surface area (Å²) in [5.41, 5.74) is 1.49. The van der Waals surface area contributed by atoms with E-state index >= 15 is 0 Å². The number of nitrogens with one attached hydrogen (secondary N) is 1.